The van der Waals surface area contributed by atoms with Crippen LogP contribution in [-0.4, -0.2) is 23.4 Å². The average Bonchev–Trinajstić information content (AvgIpc) is 2.82. The molecule has 4 rings (SSSR count). The summed E-state index contributed by atoms with van der Waals surface area (Å²) in [5.41, 5.74) is 3.58. The van der Waals surface area contributed by atoms with E-state index >= 15 is 0 Å². The lowest BCUT2D eigenvalue weighted by molar-refractivity contribution is -0.187. The van der Waals surface area contributed by atoms with E-state index in [-0.39, 0.29) is 5.75 Å². The number of nitrogens with one attached hydrogen (secondary N) is 1. The molecular formula is C28H28F3NO3. The van der Waals surface area contributed by atoms with Crippen LogP contribution in [0.2, 0.25) is 0 Å². The van der Waals surface area contributed by atoms with Crippen molar-refractivity contribution in [2.24, 2.45) is 0 Å². The zero-order valence-electron chi connectivity index (χ0n) is 19.8. The van der Waals surface area contributed by atoms with Gasteiger partial charge in [0.05, 0.1) is 5.57 Å². The van der Waals surface area contributed by atoms with Gasteiger partial charge in [0.25, 0.3) is 0 Å². The molecule has 1 heterocycles. The number of carbonyl (C=O) groups is 1. The maximum Gasteiger partial charge on any atom is 0.430 e. The standard InChI is InChI=1S/C15H17N.C13H11F3O3/c1-13(15-10-6-3-7-11-15)16-12-14-8-4-2-5-9-14;1-6-3-7(2)10-8(4-6)5-9(12(17)18)11(19-10)13(14,15)16/h2-11,13,16H,12H2,1H3;3-5,11H,1-2H3,(H,17,18)/t13-;11-/m11/s1. The van der Waals surface area contributed by atoms with Crippen LogP contribution in [0.25, 0.3) is 6.08 Å². The van der Waals surface area contributed by atoms with Gasteiger partial charge in [0.2, 0.25) is 6.10 Å². The summed E-state index contributed by atoms with van der Waals surface area (Å²) < 4.78 is 43.4. The van der Waals surface area contributed by atoms with Gasteiger partial charge < -0.3 is 15.2 Å². The van der Waals surface area contributed by atoms with Crippen LogP contribution in [-0.2, 0) is 11.3 Å². The zero-order chi connectivity index (χ0) is 25.6. The lowest BCUT2D eigenvalue weighted by Gasteiger charge is -2.28. The largest absolute Gasteiger partial charge is 0.478 e. The Bertz CT molecular complexity index is 1180. The molecule has 4 nitrogen and oxygen atoms in total. The minimum atomic E-state index is -4.76. The molecule has 35 heavy (non-hydrogen) atoms. The maximum atomic E-state index is 12.8. The van der Waals surface area contributed by atoms with Crippen molar-refractivity contribution >= 4 is 12.0 Å². The molecule has 0 spiro atoms. The lowest BCUT2D eigenvalue weighted by Crippen LogP contribution is -2.40. The second-order valence-corrected chi connectivity index (χ2v) is 8.44. The van der Waals surface area contributed by atoms with Crippen molar-refractivity contribution in [3.05, 3.63) is 106 Å². The Labute approximate surface area is 203 Å². The third-order valence-electron chi connectivity index (χ3n) is 5.58. The van der Waals surface area contributed by atoms with Crippen molar-refractivity contribution < 1.29 is 27.8 Å². The maximum absolute atomic E-state index is 12.8. The minimum absolute atomic E-state index is 0.0814. The van der Waals surface area contributed by atoms with Crippen molar-refractivity contribution in [1.82, 2.24) is 5.32 Å². The van der Waals surface area contributed by atoms with Gasteiger partial charge >= 0.3 is 12.1 Å². The molecule has 0 aromatic heterocycles. The molecule has 0 fully saturated rings. The number of alkyl halides is 3. The normalized spacial score (nSPS) is 15.6. The Morgan fingerprint density at radius 3 is 2.20 bits per heavy atom. The van der Waals surface area contributed by atoms with E-state index in [1.807, 2.05) is 12.1 Å². The predicted molar refractivity (Wildman–Crippen MR) is 130 cm³/mol. The Morgan fingerprint density at radius 2 is 1.63 bits per heavy atom. The Morgan fingerprint density at radius 1 is 1.03 bits per heavy atom. The second-order valence-electron chi connectivity index (χ2n) is 8.44. The van der Waals surface area contributed by atoms with Gasteiger partial charge in [-0.25, -0.2) is 4.79 Å². The van der Waals surface area contributed by atoms with Crippen LogP contribution in [0.15, 0.2) is 78.4 Å². The van der Waals surface area contributed by atoms with E-state index in [9.17, 15) is 18.0 Å². The van der Waals surface area contributed by atoms with E-state index in [1.54, 1.807) is 26.0 Å². The van der Waals surface area contributed by atoms with Gasteiger partial charge in [-0.2, -0.15) is 13.2 Å². The Balaban J connectivity index is 0.000000198. The molecule has 1 aliphatic heterocycles. The zero-order valence-corrected chi connectivity index (χ0v) is 19.8. The van der Waals surface area contributed by atoms with Gasteiger partial charge in [0, 0.05) is 18.2 Å². The number of benzene rings is 3. The van der Waals surface area contributed by atoms with Crippen molar-refractivity contribution in [3.63, 3.8) is 0 Å². The molecule has 1 aliphatic rings. The summed E-state index contributed by atoms with van der Waals surface area (Å²) in [5, 5.41) is 12.4. The molecule has 0 bridgehead atoms. The smallest absolute Gasteiger partial charge is 0.430 e. The number of fused-ring (bicyclic) bond motifs is 1. The Kier molecular flexibility index (Phi) is 8.35. The lowest BCUT2D eigenvalue weighted by atomic mass is 9.97. The monoisotopic (exact) mass is 483 g/mol. The number of carboxylic acid groups (broad SMARTS) is 1. The molecule has 0 saturated heterocycles. The Hall–Kier alpha value is -3.58. The highest BCUT2D eigenvalue weighted by Crippen LogP contribution is 2.39. The first kappa shape index (κ1) is 26.0. The molecule has 2 atom stereocenters. The van der Waals surface area contributed by atoms with E-state index in [4.69, 9.17) is 9.84 Å². The average molecular weight is 484 g/mol. The summed E-state index contributed by atoms with van der Waals surface area (Å²) in [7, 11) is 0. The van der Waals surface area contributed by atoms with Gasteiger partial charge in [0.15, 0.2) is 0 Å². The number of hydrogen-bond acceptors (Lipinski definition) is 3. The van der Waals surface area contributed by atoms with E-state index in [1.165, 1.54) is 11.1 Å². The highest BCUT2D eigenvalue weighted by molar-refractivity contribution is 5.95. The SMILES string of the molecule is C[C@@H](NCc1ccccc1)c1ccccc1.Cc1cc(C)c2c(c1)C=C(C(=O)O)[C@H](C(F)(F)F)O2. The number of aryl methyl sites for hydroxylation is 2. The highest BCUT2D eigenvalue weighted by atomic mass is 19.4. The third-order valence-corrected chi connectivity index (χ3v) is 5.58. The van der Waals surface area contributed by atoms with Crippen molar-refractivity contribution in [1.29, 1.82) is 0 Å². The van der Waals surface area contributed by atoms with E-state index in [0.717, 1.165) is 18.2 Å². The van der Waals surface area contributed by atoms with Crippen LogP contribution in [0.4, 0.5) is 13.2 Å². The number of rotatable bonds is 5. The molecule has 3 aromatic rings. The molecular weight excluding hydrogens is 455 g/mol. The van der Waals surface area contributed by atoms with Crippen LogP contribution < -0.4 is 10.1 Å². The van der Waals surface area contributed by atoms with E-state index in [2.05, 4.69) is 60.8 Å². The molecule has 184 valence electrons. The summed E-state index contributed by atoms with van der Waals surface area (Å²) in [5.74, 6) is -1.55. The van der Waals surface area contributed by atoms with E-state index < -0.39 is 23.8 Å². The first-order valence-electron chi connectivity index (χ1n) is 11.2. The fourth-order valence-corrected chi connectivity index (χ4v) is 3.82. The van der Waals surface area contributed by atoms with Gasteiger partial charge in [-0.1, -0.05) is 72.3 Å². The molecule has 2 N–H and O–H groups in total. The summed E-state index contributed by atoms with van der Waals surface area (Å²) in [4.78, 5) is 10.9. The van der Waals surface area contributed by atoms with Gasteiger partial charge in [0.1, 0.15) is 5.75 Å². The topological polar surface area (TPSA) is 58.6 Å². The van der Waals surface area contributed by atoms with Crippen molar-refractivity contribution in [2.45, 2.75) is 45.6 Å². The number of hydrogen-bond donors (Lipinski definition) is 2. The van der Waals surface area contributed by atoms with Crippen LogP contribution in [0.5, 0.6) is 5.75 Å². The van der Waals surface area contributed by atoms with Crippen LogP contribution in [0.3, 0.4) is 0 Å². The number of ether oxygens (including phenoxy) is 1. The summed E-state index contributed by atoms with van der Waals surface area (Å²) in [6, 6.07) is 24.7. The quantitative estimate of drug-likeness (QED) is 0.428. The fourth-order valence-electron chi connectivity index (χ4n) is 3.82. The number of carboxylic acids is 1. The first-order chi connectivity index (χ1) is 16.6. The molecule has 0 unspecified atom stereocenters. The molecule has 0 radical (unpaired) electrons. The summed E-state index contributed by atoms with van der Waals surface area (Å²) in [6.45, 7) is 6.51. The third kappa shape index (κ3) is 6.96. The van der Waals surface area contributed by atoms with Gasteiger partial charge in [-0.05, 0) is 49.6 Å². The number of halogens is 3. The van der Waals surface area contributed by atoms with Crippen LogP contribution >= 0.6 is 0 Å². The second kappa shape index (κ2) is 11.2. The number of aliphatic carboxylic acids is 1. The molecule has 7 heteroatoms. The highest BCUT2D eigenvalue weighted by Gasteiger charge is 2.48. The minimum Gasteiger partial charge on any atom is -0.478 e. The molecule has 0 amide bonds. The summed E-state index contributed by atoms with van der Waals surface area (Å²) >= 11 is 0. The van der Waals surface area contributed by atoms with Crippen molar-refractivity contribution in [2.75, 3.05) is 0 Å². The predicted octanol–water partition coefficient (Wildman–Crippen LogP) is 6.63. The molecule has 3 aromatic carbocycles. The van der Waals surface area contributed by atoms with E-state index in [0.29, 0.717) is 17.2 Å². The van der Waals surface area contributed by atoms with Gasteiger partial charge in [-0.3, -0.25) is 0 Å². The van der Waals surface area contributed by atoms with Crippen LogP contribution in [0, 0.1) is 13.8 Å². The fraction of sp³-hybridized carbons (Fsp3) is 0.250. The van der Waals surface area contributed by atoms with Gasteiger partial charge in [-0.15, -0.1) is 0 Å². The molecule has 0 saturated carbocycles. The first-order valence-corrected chi connectivity index (χ1v) is 11.2. The van der Waals surface area contributed by atoms with Crippen molar-refractivity contribution in [3.8, 4) is 5.75 Å². The van der Waals surface area contributed by atoms with Crippen LogP contribution in [0.1, 0.15) is 40.8 Å². The molecule has 0 aliphatic carbocycles. The summed E-state index contributed by atoms with van der Waals surface area (Å²) in [6.07, 6.45) is -6.17.